The van der Waals surface area contributed by atoms with Gasteiger partial charge >= 0.3 is 0 Å². The first kappa shape index (κ1) is 20.3. The van der Waals surface area contributed by atoms with E-state index in [1.807, 2.05) is 42.5 Å². The molecule has 6 heteroatoms. The van der Waals surface area contributed by atoms with E-state index in [0.717, 1.165) is 30.0 Å². The topological polar surface area (TPSA) is 70.2 Å². The molecule has 0 saturated carbocycles. The summed E-state index contributed by atoms with van der Waals surface area (Å²) < 4.78 is 5.45. The molecule has 0 unspecified atom stereocenters. The summed E-state index contributed by atoms with van der Waals surface area (Å²) in [6.45, 7) is 3.25. The number of H-pyrrole nitrogens is 1. The average Bonchev–Trinajstić information content (AvgIpc) is 3.29. The molecule has 2 aromatic carbocycles. The normalized spacial score (nSPS) is 14.9. The number of fused-ring (bicyclic) bond motifs is 1. The summed E-state index contributed by atoms with van der Waals surface area (Å²) in [4.78, 5) is 23.3. The maximum absolute atomic E-state index is 13.3. The summed E-state index contributed by atoms with van der Waals surface area (Å²) in [6.07, 6.45) is 3.79. The molecule has 5 rings (SSSR count). The van der Waals surface area contributed by atoms with Crippen LogP contribution in [0.25, 0.3) is 10.9 Å². The van der Waals surface area contributed by atoms with Crippen molar-refractivity contribution in [2.45, 2.75) is 5.92 Å². The van der Waals surface area contributed by atoms with E-state index >= 15 is 0 Å². The second-order valence-electron chi connectivity index (χ2n) is 7.94. The largest absolute Gasteiger partial charge is 0.378 e. The number of morpholine rings is 1. The Morgan fingerprint density at radius 3 is 2.66 bits per heavy atom. The van der Waals surface area contributed by atoms with Crippen molar-refractivity contribution in [3.63, 3.8) is 0 Å². The predicted molar refractivity (Wildman–Crippen MR) is 126 cm³/mol. The van der Waals surface area contributed by atoms with Crippen LogP contribution >= 0.6 is 0 Å². The van der Waals surface area contributed by atoms with Crippen LogP contribution in [0.15, 0.2) is 79.1 Å². The summed E-state index contributed by atoms with van der Waals surface area (Å²) in [5, 5.41) is 4.35. The Bertz CT molecular complexity index is 1200. The second kappa shape index (κ2) is 9.24. The standard InChI is InChI=1S/C26H26N4O2/c31-26(21-10-6-12-27-25(21)30-13-15-32-16-14-30)29-17-22(19-7-2-1-3-8-19)23-18-28-24-11-5-4-9-20(23)24/h1-12,18,22,28H,13-17H2,(H,29,31)/t22-/m1/s1. The van der Waals surface area contributed by atoms with Crippen molar-refractivity contribution in [3.05, 3.63) is 95.8 Å². The maximum Gasteiger partial charge on any atom is 0.255 e. The molecule has 32 heavy (non-hydrogen) atoms. The highest BCUT2D eigenvalue weighted by atomic mass is 16.5. The highest BCUT2D eigenvalue weighted by Gasteiger charge is 2.22. The van der Waals surface area contributed by atoms with Gasteiger partial charge in [-0.3, -0.25) is 4.79 Å². The van der Waals surface area contributed by atoms with Gasteiger partial charge in [-0.25, -0.2) is 4.98 Å². The lowest BCUT2D eigenvalue weighted by atomic mass is 9.91. The zero-order valence-electron chi connectivity index (χ0n) is 17.8. The van der Waals surface area contributed by atoms with E-state index in [0.29, 0.717) is 25.3 Å². The molecule has 4 aromatic rings. The number of ether oxygens (including phenoxy) is 1. The van der Waals surface area contributed by atoms with Crippen molar-refractivity contribution in [2.24, 2.45) is 0 Å². The summed E-state index contributed by atoms with van der Waals surface area (Å²) in [5.41, 5.74) is 4.03. The number of pyridine rings is 1. The highest BCUT2D eigenvalue weighted by Crippen LogP contribution is 2.30. The number of benzene rings is 2. The molecule has 6 nitrogen and oxygen atoms in total. The first-order valence-electron chi connectivity index (χ1n) is 11.0. The molecule has 0 spiro atoms. The van der Waals surface area contributed by atoms with E-state index in [9.17, 15) is 4.79 Å². The molecule has 3 heterocycles. The zero-order chi connectivity index (χ0) is 21.8. The Morgan fingerprint density at radius 1 is 1.03 bits per heavy atom. The van der Waals surface area contributed by atoms with Gasteiger partial charge in [0.05, 0.1) is 18.8 Å². The lowest BCUT2D eigenvalue weighted by Gasteiger charge is -2.29. The van der Waals surface area contributed by atoms with Gasteiger partial charge in [-0.15, -0.1) is 0 Å². The summed E-state index contributed by atoms with van der Waals surface area (Å²) >= 11 is 0. The quantitative estimate of drug-likeness (QED) is 0.490. The number of nitrogens with zero attached hydrogens (tertiary/aromatic N) is 2. The Morgan fingerprint density at radius 2 is 1.81 bits per heavy atom. The third kappa shape index (κ3) is 4.09. The van der Waals surface area contributed by atoms with Crippen molar-refractivity contribution in [3.8, 4) is 0 Å². The second-order valence-corrected chi connectivity index (χ2v) is 7.94. The maximum atomic E-state index is 13.3. The smallest absolute Gasteiger partial charge is 0.255 e. The zero-order valence-corrected chi connectivity index (χ0v) is 17.8. The fraction of sp³-hybridized carbons (Fsp3) is 0.231. The van der Waals surface area contributed by atoms with Crippen LogP contribution in [0, 0.1) is 0 Å². The molecule has 1 fully saturated rings. The lowest BCUT2D eigenvalue weighted by molar-refractivity contribution is 0.0950. The number of hydrogen-bond donors (Lipinski definition) is 2. The summed E-state index contributed by atoms with van der Waals surface area (Å²) in [6, 6.07) is 22.2. The molecule has 0 bridgehead atoms. The van der Waals surface area contributed by atoms with Crippen LogP contribution < -0.4 is 10.2 Å². The number of nitrogens with one attached hydrogen (secondary N) is 2. The molecule has 1 saturated heterocycles. The minimum atomic E-state index is -0.111. The van der Waals surface area contributed by atoms with Crippen LogP contribution in [-0.2, 0) is 4.74 Å². The molecule has 2 aromatic heterocycles. The van der Waals surface area contributed by atoms with Crippen molar-refractivity contribution in [1.82, 2.24) is 15.3 Å². The Kier molecular flexibility index (Phi) is 5.85. The number of anilines is 1. The summed E-state index contributed by atoms with van der Waals surface area (Å²) in [7, 11) is 0. The number of aromatic amines is 1. The fourth-order valence-electron chi connectivity index (χ4n) is 4.37. The molecular formula is C26H26N4O2. The lowest BCUT2D eigenvalue weighted by Crippen LogP contribution is -2.39. The fourth-order valence-corrected chi connectivity index (χ4v) is 4.37. The number of amides is 1. The van der Waals surface area contributed by atoms with Crippen LogP contribution in [0.3, 0.4) is 0 Å². The van der Waals surface area contributed by atoms with E-state index in [1.54, 1.807) is 6.20 Å². The molecule has 162 valence electrons. The Hall–Kier alpha value is -3.64. The molecule has 1 aliphatic rings. The Balaban J connectivity index is 1.42. The van der Waals surface area contributed by atoms with Gasteiger partial charge in [-0.05, 0) is 29.3 Å². The van der Waals surface area contributed by atoms with E-state index in [1.165, 1.54) is 10.9 Å². The minimum Gasteiger partial charge on any atom is -0.378 e. The molecular weight excluding hydrogens is 400 g/mol. The van der Waals surface area contributed by atoms with Gasteiger partial charge in [0.1, 0.15) is 5.82 Å². The molecule has 0 aliphatic carbocycles. The van der Waals surface area contributed by atoms with E-state index < -0.39 is 0 Å². The van der Waals surface area contributed by atoms with E-state index in [4.69, 9.17) is 4.74 Å². The third-order valence-electron chi connectivity index (χ3n) is 6.01. The number of carbonyl (C=O) groups excluding carboxylic acids is 1. The third-order valence-corrected chi connectivity index (χ3v) is 6.01. The predicted octanol–water partition coefficient (Wildman–Crippen LogP) is 3.96. The number of carbonyl (C=O) groups is 1. The molecule has 1 atom stereocenters. The van der Waals surface area contributed by atoms with Crippen molar-refractivity contribution >= 4 is 22.6 Å². The number of aromatic nitrogens is 2. The Labute approximate surface area is 187 Å². The summed E-state index contributed by atoms with van der Waals surface area (Å²) in [5.74, 6) is 0.636. The molecule has 0 radical (unpaired) electrons. The van der Waals surface area contributed by atoms with Gasteiger partial charge in [0.25, 0.3) is 5.91 Å². The van der Waals surface area contributed by atoms with Crippen molar-refractivity contribution in [1.29, 1.82) is 0 Å². The molecule has 1 aliphatic heterocycles. The number of hydrogen-bond acceptors (Lipinski definition) is 4. The van der Waals surface area contributed by atoms with Crippen LogP contribution in [0.5, 0.6) is 0 Å². The monoisotopic (exact) mass is 426 g/mol. The number of rotatable bonds is 6. The van der Waals surface area contributed by atoms with Crippen molar-refractivity contribution in [2.75, 3.05) is 37.7 Å². The van der Waals surface area contributed by atoms with Crippen molar-refractivity contribution < 1.29 is 9.53 Å². The van der Waals surface area contributed by atoms with Crippen LogP contribution in [-0.4, -0.2) is 48.7 Å². The molecule has 2 N–H and O–H groups in total. The van der Waals surface area contributed by atoms with Gasteiger partial charge in [0, 0.05) is 48.8 Å². The van der Waals surface area contributed by atoms with Gasteiger partial charge in [0.2, 0.25) is 0 Å². The van der Waals surface area contributed by atoms with Crippen LogP contribution in [0.1, 0.15) is 27.4 Å². The van der Waals surface area contributed by atoms with Crippen LogP contribution in [0.4, 0.5) is 5.82 Å². The van der Waals surface area contributed by atoms with Gasteiger partial charge in [-0.1, -0.05) is 48.5 Å². The molecule has 1 amide bonds. The SMILES string of the molecule is O=C(NC[C@H](c1ccccc1)c1c[nH]c2ccccc12)c1cccnc1N1CCOCC1. The first-order chi connectivity index (χ1) is 15.8. The highest BCUT2D eigenvalue weighted by molar-refractivity contribution is 5.99. The minimum absolute atomic E-state index is 0.0276. The van der Waals surface area contributed by atoms with Gasteiger partial charge < -0.3 is 19.9 Å². The van der Waals surface area contributed by atoms with Gasteiger partial charge in [-0.2, -0.15) is 0 Å². The average molecular weight is 427 g/mol. The number of para-hydroxylation sites is 1. The first-order valence-corrected chi connectivity index (χ1v) is 11.0. The van der Waals surface area contributed by atoms with Crippen LogP contribution in [0.2, 0.25) is 0 Å². The van der Waals surface area contributed by atoms with E-state index in [-0.39, 0.29) is 11.8 Å². The van der Waals surface area contributed by atoms with E-state index in [2.05, 4.69) is 50.6 Å². The van der Waals surface area contributed by atoms with Gasteiger partial charge in [0.15, 0.2) is 0 Å².